The fraction of sp³-hybridized carbons (Fsp3) is 0.632. The Hall–Kier alpha value is -1.47. The molecule has 6 heteroatoms. The van der Waals surface area contributed by atoms with Gasteiger partial charge in [-0.25, -0.2) is 0 Å². The van der Waals surface area contributed by atoms with Gasteiger partial charge in [0.05, 0.1) is 6.10 Å². The molecule has 3 N–H and O–H groups in total. The van der Waals surface area contributed by atoms with Gasteiger partial charge in [0.1, 0.15) is 6.10 Å². The minimum absolute atomic E-state index is 0.0127. The summed E-state index contributed by atoms with van der Waals surface area (Å²) in [5, 5.41) is 3.01. The number of carbonyl (C=O) groups is 1. The third-order valence-corrected chi connectivity index (χ3v) is 5.10. The molecular formula is C19H30N4O2. The number of ether oxygens (including phenoxy) is 1. The molecule has 1 aromatic rings. The SMILES string of the molecule is NC[C@H]1CC[C@@H](C(=O)NCCN2CCN(Cc3ccccc3)CC2)O1. The van der Waals surface area contributed by atoms with E-state index >= 15 is 0 Å². The topological polar surface area (TPSA) is 70.8 Å². The van der Waals surface area contributed by atoms with Crippen LogP contribution in [0.15, 0.2) is 30.3 Å². The average molecular weight is 346 g/mol. The second-order valence-electron chi connectivity index (χ2n) is 6.95. The summed E-state index contributed by atoms with van der Waals surface area (Å²) in [6.07, 6.45) is 1.41. The van der Waals surface area contributed by atoms with E-state index in [-0.39, 0.29) is 18.1 Å². The smallest absolute Gasteiger partial charge is 0.249 e. The van der Waals surface area contributed by atoms with Crippen LogP contribution in [0.1, 0.15) is 18.4 Å². The number of nitrogens with one attached hydrogen (secondary N) is 1. The lowest BCUT2D eigenvalue weighted by Crippen LogP contribution is -2.48. The Kier molecular flexibility index (Phi) is 6.81. The van der Waals surface area contributed by atoms with Crippen LogP contribution in [-0.4, -0.2) is 73.7 Å². The molecular weight excluding hydrogens is 316 g/mol. The van der Waals surface area contributed by atoms with E-state index in [2.05, 4.69) is 45.4 Å². The average Bonchev–Trinajstić information content (AvgIpc) is 3.13. The number of benzene rings is 1. The van der Waals surface area contributed by atoms with Crippen molar-refractivity contribution < 1.29 is 9.53 Å². The van der Waals surface area contributed by atoms with Crippen molar-refractivity contribution in [3.05, 3.63) is 35.9 Å². The molecule has 0 saturated carbocycles. The van der Waals surface area contributed by atoms with Crippen molar-refractivity contribution >= 4 is 5.91 Å². The van der Waals surface area contributed by atoms with Crippen molar-refractivity contribution in [3.63, 3.8) is 0 Å². The van der Waals surface area contributed by atoms with E-state index in [1.165, 1.54) is 5.56 Å². The van der Waals surface area contributed by atoms with Crippen LogP contribution in [0.5, 0.6) is 0 Å². The molecule has 2 aliphatic rings. The first-order valence-corrected chi connectivity index (χ1v) is 9.36. The lowest BCUT2D eigenvalue weighted by molar-refractivity contribution is -0.131. The Morgan fingerprint density at radius 1 is 1.12 bits per heavy atom. The molecule has 25 heavy (non-hydrogen) atoms. The molecule has 2 atom stereocenters. The quantitative estimate of drug-likeness (QED) is 0.749. The van der Waals surface area contributed by atoms with Gasteiger partial charge in [-0.05, 0) is 18.4 Å². The number of rotatable bonds is 7. The first-order valence-electron chi connectivity index (χ1n) is 9.36. The predicted octanol–water partition coefficient (Wildman–Crippen LogP) is 0.427. The van der Waals surface area contributed by atoms with Gasteiger partial charge in [0.25, 0.3) is 0 Å². The number of nitrogens with zero attached hydrogens (tertiary/aromatic N) is 2. The maximum absolute atomic E-state index is 12.1. The summed E-state index contributed by atoms with van der Waals surface area (Å²) in [5.41, 5.74) is 6.96. The van der Waals surface area contributed by atoms with E-state index in [0.29, 0.717) is 13.1 Å². The van der Waals surface area contributed by atoms with E-state index < -0.39 is 0 Å². The van der Waals surface area contributed by atoms with Gasteiger partial charge in [-0.15, -0.1) is 0 Å². The van der Waals surface area contributed by atoms with Crippen LogP contribution in [-0.2, 0) is 16.1 Å². The monoisotopic (exact) mass is 346 g/mol. The Balaban J connectivity index is 1.30. The normalized spacial score (nSPS) is 25.2. The summed E-state index contributed by atoms with van der Waals surface area (Å²) in [6, 6.07) is 10.6. The van der Waals surface area contributed by atoms with Crippen molar-refractivity contribution in [2.75, 3.05) is 45.8 Å². The van der Waals surface area contributed by atoms with Gasteiger partial charge < -0.3 is 15.8 Å². The second-order valence-corrected chi connectivity index (χ2v) is 6.95. The van der Waals surface area contributed by atoms with E-state index in [1.54, 1.807) is 0 Å². The predicted molar refractivity (Wildman–Crippen MR) is 98.1 cm³/mol. The third-order valence-electron chi connectivity index (χ3n) is 5.10. The highest BCUT2D eigenvalue weighted by atomic mass is 16.5. The van der Waals surface area contributed by atoms with Gasteiger partial charge in [0.15, 0.2) is 0 Å². The van der Waals surface area contributed by atoms with Crippen LogP contribution < -0.4 is 11.1 Å². The molecule has 2 aliphatic heterocycles. The number of hydrogen-bond acceptors (Lipinski definition) is 5. The molecule has 2 heterocycles. The number of amides is 1. The van der Waals surface area contributed by atoms with Crippen molar-refractivity contribution in [1.82, 2.24) is 15.1 Å². The summed E-state index contributed by atoms with van der Waals surface area (Å²) >= 11 is 0. The van der Waals surface area contributed by atoms with Gasteiger partial charge >= 0.3 is 0 Å². The third kappa shape index (κ3) is 5.51. The second kappa shape index (κ2) is 9.29. The number of hydrogen-bond donors (Lipinski definition) is 2. The minimum Gasteiger partial charge on any atom is -0.364 e. The van der Waals surface area contributed by atoms with E-state index in [4.69, 9.17) is 10.5 Å². The van der Waals surface area contributed by atoms with Crippen LogP contribution in [0.25, 0.3) is 0 Å². The maximum atomic E-state index is 12.1. The Labute approximate surface area is 150 Å². The van der Waals surface area contributed by atoms with E-state index in [1.807, 2.05) is 0 Å². The molecule has 0 spiro atoms. The molecule has 6 nitrogen and oxygen atoms in total. The molecule has 138 valence electrons. The molecule has 3 rings (SSSR count). The van der Waals surface area contributed by atoms with Crippen molar-refractivity contribution in [2.24, 2.45) is 5.73 Å². The Bertz CT molecular complexity index is 531. The van der Waals surface area contributed by atoms with Crippen LogP contribution >= 0.6 is 0 Å². The number of piperazine rings is 1. The largest absolute Gasteiger partial charge is 0.364 e. The fourth-order valence-corrected chi connectivity index (χ4v) is 3.54. The molecule has 2 fully saturated rings. The van der Waals surface area contributed by atoms with Gasteiger partial charge in [0, 0.05) is 52.4 Å². The zero-order valence-electron chi connectivity index (χ0n) is 14.9. The molecule has 1 amide bonds. The van der Waals surface area contributed by atoms with Crippen molar-refractivity contribution in [1.29, 1.82) is 0 Å². The fourth-order valence-electron chi connectivity index (χ4n) is 3.54. The number of nitrogens with two attached hydrogens (primary N) is 1. The number of carbonyl (C=O) groups excluding carboxylic acids is 1. The molecule has 1 aromatic carbocycles. The highest BCUT2D eigenvalue weighted by Gasteiger charge is 2.29. The zero-order valence-corrected chi connectivity index (χ0v) is 14.9. The molecule has 0 aromatic heterocycles. The maximum Gasteiger partial charge on any atom is 0.249 e. The summed E-state index contributed by atoms with van der Waals surface area (Å²) in [5.74, 6) is 0.0127. The van der Waals surface area contributed by atoms with Crippen LogP contribution in [0.2, 0.25) is 0 Å². The molecule has 0 radical (unpaired) electrons. The van der Waals surface area contributed by atoms with E-state index in [0.717, 1.165) is 52.1 Å². The summed E-state index contributed by atoms with van der Waals surface area (Å²) in [7, 11) is 0. The van der Waals surface area contributed by atoms with Crippen molar-refractivity contribution in [2.45, 2.75) is 31.6 Å². The van der Waals surface area contributed by atoms with Gasteiger partial charge in [-0.2, -0.15) is 0 Å². The first-order chi connectivity index (χ1) is 12.2. The first kappa shape index (κ1) is 18.3. The standard InChI is InChI=1S/C19H30N4O2/c20-14-17-6-7-18(25-17)19(24)21-8-9-22-10-12-23(13-11-22)15-16-4-2-1-3-5-16/h1-5,17-18H,6-15,20H2,(H,21,24)/t17-,18+/m1/s1. The molecule has 0 aliphatic carbocycles. The molecule has 0 bridgehead atoms. The minimum atomic E-state index is -0.309. The molecule has 2 saturated heterocycles. The van der Waals surface area contributed by atoms with Gasteiger partial charge in [-0.1, -0.05) is 30.3 Å². The lowest BCUT2D eigenvalue weighted by atomic mass is 10.2. The zero-order chi connectivity index (χ0) is 17.5. The molecule has 0 unspecified atom stereocenters. The Morgan fingerprint density at radius 3 is 2.52 bits per heavy atom. The summed E-state index contributed by atoms with van der Waals surface area (Å²) in [4.78, 5) is 17.0. The van der Waals surface area contributed by atoms with Crippen LogP contribution in [0.3, 0.4) is 0 Å². The van der Waals surface area contributed by atoms with Crippen LogP contribution in [0.4, 0.5) is 0 Å². The highest BCUT2D eigenvalue weighted by molar-refractivity contribution is 5.81. The highest BCUT2D eigenvalue weighted by Crippen LogP contribution is 2.18. The van der Waals surface area contributed by atoms with E-state index in [9.17, 15) is 4.79 Å². The van der Waals surface area contributed by atoms with Crippen molar-refractivity contribution in [3.8, 4) is 0 Å². The summed E-state index contributed by atoms with van der Waals surface area (Å²) in [6.45, 7) is 7.36. The summed E-state index contributed by atoms with van der Waals surface area (Å²) < 4.78 is 5.63. The Morgan fingerprint density at radius 2 is 1.84 bits per heavy atom. The van der Waals surface area contributed by atoms with Gasteiger partial charge in [-0.3, -0.25) is 14.6 Å². The van der Waals surface area contributed by atoms with Gasteiger partial charge in [0.2, 0.25) is 5.91 Å². The lowest BCUT2D eigenvalue weighted by Gasteiger charge is -2.34. The van der Waals surface area contributed by atoms with Crippen LogP contribution in [0, 0.1) is 0 Å².